The molecular weight excluding hydrogens is 276 g/mol. The number of benzene rings is 1. The minimum Gasteiger partial charge on any atom is -0.493 e. The molecule has 0 spiro atoms. The Morgan fingerprint density at radius 1 is 1.30 bits per heavy atom. The van der Waals surface area contributed by atoms with Crippen molar-refractivity contribution in [3.8, 4) is 5.75 Å². The zero-order chi connectivity index (χ0) is 14.6. The topological polar surface area (TPSA) is 60.4 Å². The molecule has 0 N–H and O–H groups in total. The predicted molar refractivity (Wildman–Crippen MR) is 78.0 cm³/mol. The fraction of sp³-hybridized carbons (Fsp3) is 0.533. The Labute approximate surface area is 120 Å². The Hall–Kier alpha value is -1.36. The molecule has 5 heteroatoms. The molecule has 1 heterocycles. The van der Waals surface area contributed by atoms with E-state index in [2.05, 4.69) is 0 Å². The SMILES string of the molecule is CCCOc1ccccc1C(=O)C1CCCCS1(=O)=O. The fourth-order valence-electron chi connectivity index (χ4n) is 2.43. The van der Waals surface area contributed by atoms with Crippen LogP contribution in [-0.4, -0.2) is 31.8 Å². The van der Waals surface area contributed by atoms with Gasteiger partial charge >= 0.3 is 0 Å². The minimum atomic E-state index is -3.31. The van der Waals surface area contributed by atoms with Crippen molar-refractivity contribution < 1.29 is 17.9 Å². The van der Waals surface area contributed by atoms with Crippen LogP contribution in [0.15, 0.2) is 24.3 Å². The normalized spacial score (nSPS) is 21.4. The predicted octanol–water partition coefficient (Wildman–Crippen LogP) is 2.63. The molecular formula is C15H20O4S. The molecule has 0 saturated carbocycles. The van der Waals surface area contributed by atoms with Crippen molar-refractivity contribution in [2.75, 3.05) is 12.4 Å². The summed E-state index contributed by atoms with van der Waals surface area (Å²) in [5.74, 6) is 0.276. The van der Waals surface area contributed by atoms with Gasteiger partial charge in [-0.1, -0.05) is 25.5 Å². The van der Waals surface area contributed by atoms with Crippen molar-refractivity contribution in [1.82, 2.24) is 0 Å². The number of carbonyl (C=O) groups excluding carboxylic acids is 1. The molecule has 0 aromatic heterocycles. The molecule has 0 bridgehead atoms. The number of ketones is 1. The molecule has 110 valence electrons. The van der Waals surface area contributed by atoms with Gasteiger partial charge in [-0.05, 0) is 31.4 Å². The molecule has 4 nitrogen and oxygen atoms in total. The molecule has 1 atom stereocenters. The largest absolute Gasteiger partial charge is 0.493 e. The molecule has 1 fully saturated rings. The van der Waals surface area contributed by atoms with Crippen molar-refractivity contribution in [3.05, 3.63) is 29.8 Å². The molecule has 0 radical (unpaired) electrons. The summed E-state index contributed by atoms with van der Waals surface area (Å²) < 4.78 is 29.7. The number of para-hydroxylation sites is 1. The summed E-state index contributed by atoms with van der Waals surface area (Å²) in [5, 5.41) is -0.900. The number of hydrogen-bond donors (Lipinski definition) is 0. The summed E-state index contributed by atoms with van der Waals surface area (Å²) in [6.45, 7) is 2.50. The second-order valence-electron chi connectivity index (χ2n) is 5.06. The number of ether oxygens (including phenoxy) is 1. The summed E-state index contributed by atoms with van der Waals surface area (Å²) in [5.41, 5.74) is 0.386. The van der Waals surface area contributed by atoms with Crippen LogP contribution in [0.3, 0.4) is 0 Å². The molecule has 1 aliphatic rings. The second kappa shape index (κ2) is 6.39. The maximum Gasteiger partial charge on any atom is 0.184 e. The van der Waals surface area contributed by atoms with E-state index in [1.165, 1.54) is 0 Å². The van der Waals surface area contributed by atoms with Gasteiger partial charge in [-0.2, -0.15) is 0 Å². The van der Waals surface area contributed by atoms with Crippen LogP contribution >= 0.6 is 0 Å². The van der Waals surface area contributed by atoms with Crippen LogP contribution in [0.5, 0.6) is 5.75 Å². The van der Waals surface area contributed by atoms with Crippen LogP contribution in [0.1, 0.15) is 43.0 Å². The number of Topliss-reactive ketones (excluding diaryl/α,β-unsaturated/α-hetero) is 1. The van der Waals surface area contributed by atoms with Crippen molar-refractivity contribution >= 4 is 15.6 Å². The lowest BCUT2D eigenvalue weighted by molar-refractivity contribution is 0.0977. The first-order chi connectivity index (χ1) is 9.56. The first-order valence-corrected chi connectivity index (χ1v) is 8.75. The van der Waals surface area contributed by atoms with Crippen LogP contribution in [-0.2, 0) is 9.84 Å². The number of rotatable bonds is 5. The average molecular weight is 296 g/mol. The summed E-state index contributed by atoms with van der Waals surface area (Å²) in [6, 6.07) is 6.90. The number of hydrogen-bond acceptors (Lipinski definition) is 4. The third-order valence-electron chi connectivity index (χ3n) is 3.49. The Bertz CT molecular complexity index is 577. The van der Waals surface area contributed by atoms with E-state index in [1.807, 2.05) is 6.92 Å². The Kier molecular flexibility index (Phi) is 4.81. The van der Waals surface area contributed by atoms with Gasteiger partial charge in [0, 0.05) is 0 Å². The smallest absolute Gasteiger partial charge is 0.184 e. The lowest BCUT2D eigenvalue weighted by Gasteiger charge is -2.22. The van der Waals surface area contributed by atoms with E-state index in [0.717, 1.165) is 12.8 Å². The van der Waals surface area contributed by atoms with E-state index in [4.69, 9.17) is 4.74 Å². The van der Waals surface area contributed by atoms with Crippen LogP contribution in [0.25, 0.3) is 0 Å². The van der Waals surface area contributed by atoms with Crippen LogP contribution in [0.4, 0.5) is 0 Å². The Morgan fingerprint density at radius 3 is 2.75 bits per heavy atom. The van der Waals surface area contributed by atoms with Crippen LogP contribution < -0.4 is 4.74 Å². The highest BCUT2D eigenvalue weighted by atomic mass is 32.2. The lowest BCUT2D eigenvalue weighted by atomic mass is 10.0. The molecule has 2 rings (SSSR count). The van der Waals surface area contributed by atoms with Crippen molar-refractivity contribution in [2.45, 2.75) is 37.9 Å². The summed E-state index contributed by atoms with van der Waals surface area (Å²) >= 11 is 0. The highest BCUT2D eigenvalue weighted by Gasteiger charge is 2.36. The van der Waals surface area contributed by atoms with Gasteiger partial charge in [0.25, 0.3) is 0 Å². The molecule has 0 aliphatic carbocycles. The van der Waals surface area contributed by atoms with E-state index in [-0.39, 0.29) is 11.5 Å². The van der Waals surface area contributed by atoms with Gasteiger partial charge in [0.1, 0.15) is 11.0 Å². The van der Waals surface area contributed by atoms with Crippen molar-refractivity contribution in [1.29, 1.82) is 0 Å². The monoisotopic (exact) mass is 296 g/mol. The number of sulfone groups is 1. The maximum absolute atomic E-state index is 12.5. The zero-order valence-corrected chi connectivity index (χ0v) is 12.5. The molecule has 1 aromatic rings. The molecule has 1 aliphatic heterocycles. The molecule has 1 saturated heterocycles. The van der Waals surface area contributed by atoms with Gasteiger partial charge in [0.2, 0.25) is 0 Å². The van der Waals surface area contributed by atoms with Crippen LogP contribution in [0, 0.1) is 0 Å². The fourth-order valence-corrected chi connectivity index (χ4v) is 4.30. The van der Waals surface area contributed by atoms with Gasteiger partial charge in [-0.15, -0.1) is 0 Å². The van der Waals surface area contributed by atoms with E-state index in [0.29, 0.717) is 30.8 Å². The van der Waals surface area contributed by atoms with Crippen molar-refractivity contribution in [2.24, 2.45) is 0 Å². The summed E-state index contributed by atoms with van der Waals surface area (Å²) in [4.78, 5) is 12.5. The molecule has 20 heavy (non-hydrogen) atoms. The van der Waals surface area contributed by atoms with Crippen LogP contribution in [0.2, 0.25) is 0 Å². The number of carbonyl (C=O) groups is 1. The maximum atomic E-state index is 12.5. The molecule has 1 aromatic carbocycles. The average Bonchev–Trinajstić information content (AvgIpc) is 2.44. The van der Waals surface area contributed by atoms with Gasteiger partial charge in [0.05, 0.1) is 17.9 Å². The Morgan fingerprint density at radius 2 is 2.05 bits per heavy atom. The summed E-state index contributed by atoms with van der Waals surface area (Å²) in [6.07, 6.45) is 2.70. The third kappa shape index (κ3) is 3.20. The Balaban J connectivity index is 2.28. The minimum absolute atomic E-state index is 0.112. The van der Waals surface area contributed by atoms with Gasteiger partial charge in [-0.25, -0.2) is 8.42 Å². The first-order valence-electron chi connectivity index (χ1n) is 7.04. The highest BCUT2D eigenvalue weighted by Crippen LogP contribution is 2.27. The van der Waals surface area contributed by atoms with E-state index < -0.39 is 15.1 Å². The van der Waals surface area contributed by atoms with Crippen molar-refractivity contribution in [3.63, 3.8) is 0 Å². The van der Waals surface area contributed by atoms with E-state index in [9.17, 15) is 13.2 Å². The van der Waals surface area contributed by atoms with Gasteiger partial charge in [0.15, 0.2) is 15.6 Å². The van der Waals surface area contributed by atoms with E-state index in [1.54, 1.807) is 24.3 Å². The van der Waals surface area contributed by atoms with Gasteiger partial charge in [-0.3, -0.25) is 4.79 Å². The molecule has 1 unspecified atom stereocenters. The zero-order valence-electron chi connectivity index (χ0n) is 11.7. The lowest BCUT2D eigenvalue weighted by Crippen LogP contribution is -2.35. The summed E-state index contributed by atoms with van der Waals surface area (Å²) in [7, 11) is -3.31. The third-order valence-corrected chi connectivity index (χ3v) is 5.66. The first kappa shape index (κ1) is 15.0. The van der Waals surface area contributed by atoms with Gasteiger partial charge < -0.3 is 4.74 Å². The molecule has 0 amide bonds. The highest BCUT2D eigenvalue weighted by molar-refractivity contribution is 7.92. The standard InChI is InChI=1S/C15H20O4S/c1-2-10-19-13-8-4-3-7-12(13)15(16)14-9-5-6-11-20(14,17)18/h3-4,7-8,14H,2,5-6,9-11H2,1H3. The second-order valence-corrected chi connectivity index (χ2v) is 7.36. The quantitative estimate of drug-likeness (QED) is 0.784. The van der Waals surface area contributed by atoms with E-state index >= 15 is 0 Å².